The number of likely N-dealkylation sites (tertiary alicyclic amines) is 2. The molecular weight excluding hydrogens is 661 g/mol. The molecule has 8 rings (SSSR count). The molecular formula is C40H46N6O4S. The number of benzene rings is 2. The fraction of sp³-hybridized carbons (Fsp3) is 0.500. The summed E-state index contributed by atoms with van der Waals surface area (Å²) in [4.78, 5) is 46.3. The molecule has 3 aliphatic heterocycles. The fourth-order valence-electron chi connectivity index (χ4n) is 7.60. The average Bonchev–Trinajstić information content (AvgIpc) is 3.44. The van der Waals surface area contributed by atoms with Crippen LogP contribution in [0.2, 0.25) is 0 Å². The Hall–Kier alpha value is -4.43. The number of nitrogens with zero attached hydrogens (tertiary/aromatic N) is 4. The van der Waals surface area contributed by atoms with Crippen molar-refractivity contribution in [3.8, 4) is 23.1 Å². The van der Waals surface area contributed by atoms with Gasteiger partial charge in [-0.1, -0.05) is 24.0 Å². The Bertz CT molecular complexity index is 2040. The first-order valence-corrected chi connectivity index (χ1v) is 19.0. The standard InChI is InChI=1S/C40H46N6O4S/c1-38(2,3)49-36(47)45-19-7-8-31(45)33-41-22-30(44-33)26-14-11-24(12-15-26)9-10-25-13-16-28-29(20-25)43-34(42-28)32-27-21-40(17-18-40)23-46(35(27)51-32)37(48)50-39(4,5)6/h11-16,20,22,27,31-32,35H,7-8,17-19,21,23H2,1-6H3,(H,41,44)(H,42,43). The van der Waals surface area contributed by atoms with Gasteiger partial charge < -0.3 is 19.4 Å². The Kier molecular flexibility index (Phi) is 8.17. The highest BCUT2D eigenvalue weighted by atomic mass is 32.2. The number of carbonyl (C=O) groups is 2. The zero-order chi connectivity index (χ0) is 35.7. The third-order valence-electron chi connectivity index (χ3n) is 10.2. The molecule has 11 heteroatoms. The van der Waals surface area contributed by atoms with Crippen molar-refractivity contribution in [1.82, 2.24) is 29.7 Å². The molecule has 3 saturated heterocycles. The summed E-state index contributed by atoms with van der Waals surface area (Å²) in [6.07, 6.45) is 6.59. The van der Waals surface area contributed by atoms with Crippen LogP contribution < -0.4 is 0 Å². The number of aromatic nitrogens is 4. The number of aromatic amines is 2. The first kappa shape index (κ1) is 33.7. The molecule has 2 aromatic carbocycles. The molecule has 266 valence electrons. The van der Waals surface area contributed by atoms with Gasteiger partial charge >= 0.3 is 12.2 Å². The van der Waals surface area contributed by atoms with Gasteiger partial charge in [-0.3, -0.25) is 9.80 Å². The molecule has 2 amide bonds. The predicted molar refractivity (Wildman–Crippen MR) is 198 cm³/mol. The summed E-state index contributed by atoms with van der Waals surface area (Å²) in [6.45, 7) is 12.9. The molecule has 2 N–H and O–H groups in total. The lowest BCUT2D eigenvalue weighted by atomic mass is 9.83. The van der Waals surface area contributed by atoms with E-state index in [1.165, 1.54) is 12.8 Å². The maximum atomic E-state index is 13.1. The third kappa shape index (κ3) is 6.95. The maximum absolute atomic E-state index is 13.1. The van der Waals surface area contributed by atoms with Crippen molar-refractivity contribution < 1.29 is 19.1 Å². The largest absolute Gasteiger partial charge is 0.444 e. The van der Waals surface area contributed by atoms with Crippen LogP contribution in [0.25, 0.3) is 22.3 Å². The van der Waals surface area contributed by atoms with Crippen LogP contribution in [0.5, 0.6) is 0 Å². The van der Waals surface area contributed by atoms with Gasteiger partial charge in [-0.25, -0.2) is 19.6 Å². The second kappa shape index (κ2) is 12.4. The van der Waals surface area contributed by atoms with Crippen LogP contribution in [0.15, 0.2) is 48.7 Å². The lowest BCUT2D eigenvalue weighted by Crippen LogP contribution is -2.57. The molecule has 0 radical (unpaired) electrons. The maximum Gasteiger partial charge on any atom is 0.411 e. The molecule has 5 heterocycles. The van der Waals surface area contributed by atoms with Gasteiger partial charge in [-0.2, -0.15) is 0 Å². The van der Waals surface area contributed by atoms with E-state index in [2.05, 4.69) is 32.9 Å². The van der Waals surface area contributed by atoms with Crippen LogP contribution in [-0.4, -0.2) is 71.6 Å². The molecule has 2 aromatic heterocycles. The van der Waals surface area contributed by atoms with Crippen molar-refractivity contribution in [2.75, 3.05) is 13.1 Å². The van der Waals surface area contributed by atoms with Crippen LogP contribution in [0, 0.1) is 23.2 Å². The molecule has 10 nitrogen and oxygen atoms in total. The minimum absolute atomic E-state index is 0.122. The van der Waals surface area contributed by atoms with E-state index >= 15 is 0 Å². The van der Waals surface area contributed by atoms with Gasteiger partial charge in [0.1, 0.15) is 22.9 Å². The number of nitrogens with one attached hydrogen (secondary N) is 2. The molecule has 51 heavy (non-hydrogen) atoms. The molecule has 4 atom stereocenters. The van der Waals surface area contributed by atoms with Gasteiger partial charge in [0.2, 0.25) is 0 Å². The zero-order valence-electron chi connectivity index (χ0n) is 30.2. The number of fused-ring (bicyclic) bond motifs is 2. The molecule has 0 bridgehead atoms. The van der Waals surface area contributed by atoms with Gasteiger partial charge in [0.25, 0.3) is 0 Å². The summed E-state index contributed by atoms with van der Waals surface area (Å²) in [5.74, 6) is 8.75. The SMILES string of the molecule is CC(C)(C)OC(=O)N1CCCC1c1ncc(-c2ccc(C#Cc3ccc4nc(C5SC6C5CC5(CC5)CN6C(=O)OC(C)(C)C)[nH]c4c3)cc2)[nH]1. The summed E-state index contributed by atoms with van der Waals surface area (Å²) in [6, 6.07) is 14.1. The highest BCUT2D eigenvalue weighted by Crippen LogP contribution is 2.66. The summed E-state index contributed by atoms with van der Waals surface area (Å²) >= 11 is 1.81. The van der Waals surface area contributed by atoms with Gasteiger partial charge in [-0.05, 0) is 115 Å². The van der Waals surface area contributed by atoms with Gasteiger partial charge in [0, 0.05) is 30.1 Å². The van der Waals surface area contributed by atoms with Crippen LogP contribution >= 0.6 is 11.8 Å². The number of rotatable bonds is 3. The Morgan fingerprint density at radius 2 is 1.59 bits per heavy atom. The minimum Gasteiger partial charge on any atom is -0.444 e. The summed E-state index contributed by atoms with van der Waals surface area (Å²) in [5, 5.41) is 0.362. The van der Waals surface area contributed by atoms with Crippen LogP contribution in [0.1, 0.15) is 108 Å². The molecule has 1 aliphatic carbocycles. The van der Waals surface area contributed by atoms with E-state index in [9.17, 15) is 9.59 Å². The summed E-state index contributed by atoms with van der Waals surface area (Å²) < 4.78 is 11.4. The van der Waals surface area contributed by atoms with Crippen molar-refractivity contribution in [3.63, 3.8) is 0 Å². The molecule has 4 aromatic rings. The molecule has 4 unspecified atom stereocenters. The number of piperidine rings is 1. The number of hydrogen-bond donors (Lipinski definition) is 2. The van der Waals surface area contributed by atoms with Crippen molar-refractivity contribution >= 4 is 35.0 Å². The first-order valence-electron chi connectivity index (χ1n) is 18.0. The van der Waals surface area contributed by atoms with E-state index in [1.807, 2.05) is 101 Å². The number of carbonyl (C=O) groups excluding carboxylic acids is 2. The number of amides is 2. The summed E-state index contributed by atoms with van der Waals surface area (Å²) in [7, 11) is 0. The second-order valence-electron chi connectivity index (χ2n) is 16.6. The fourth-order valence-corrected chi connectivity index (χ4v) is 9.08. The Morgan fingerprint density at radius 3 is 2.29 bits per heavy atom. The lowest BCUT2D eigenvalue weighted by Gasteiger charge is -2.54. The van der Waals surface area contributed by atoms with Gasteiger partial charge in [-0.15, -0.1) is 11.8 Å². The van der Waals surface area contributed by atoms with Crippen molar-refractivity contribution in [1.29, 1.82) is 0 Å². The molecule has 1 saturated carbocycles. The number of thioether (sulfide) groups is 1. The second-order valence-corrected chi connectivity index (χ2v) is 17.9. The van der Waals surface area contributed by atoms with E-state index in [-0.39, 0.29) is 34.3 Å². The smallest absolute Gasteiger partial charge is 0.411 e. The van der Waals surface area contributed by atoms with Crippen LogP contribution in [-0.2, 0) is 9.47 Å². The number of ether oxygens (including phenoxy) is 2. The topological polar surface area (TPSA) is 116 Å². The zero-order valence-corrected chi connectivity index (χ0v) is 31.0. The highest BCUT2D eigenvalue weighted by molar-refractivity contribution is 8.01. The Morgan fingerprint density at radius 1 is 0.902 bits per heavy atom. The molecule has 1 spiro atoms. The van der Waals surface area contributed by atoms with E-state index in [0.29, 0.717) is 12.5 Å². The van der Waals surface area contributed by atoms with Gasteiger partial charge in [0.05, 0.1) is 39.6 Å². The predicted octanol–water partition coefficient (Wildman–Crippen LogP) is 8.58. The van der Waals surface area contributed by atoms with Crippen LogP contribution in [0.3, 0.4) is 0 Å². The minimum atomic E-state index is -0.540. The first-order chi connectivity index (χ1) is 24.2. The lowest BCUT2D eigenvalue weighted by molar-refractivity contribution is -0.00313. The van der Waals surface area contributed by atoms with Crippen molar-refractivity contribution in [2.45, 2.75) is 102 Å². The van der Waals surface area contributed by atoms with E-state index in [0.717, 1.165) is 70.9 Å². The van der Waals surface area contributed by atoms with Crippen LogP contribution in [0.4, 0.5) is 9.59 Å². The monoisotopic (exact) mass is 706 g/mol. The average molecular weight is 707 g/mol. The Balaban J connectivity index is 0.928. The molecule has 4 aliphatic rings. The highest BCUT2D eigenvalue weighted by Gasteiger charge is 2.60. The number of imidazole rings is 2. The van der Waals surface area contributed by atoms with Crippen molar-refractivity contribution in [2.24, 2.45) is 11.3 Å². The van der Waals surface area contributed by atoms with E-state index in [1.54, 1.807) is 4.90 Å². The normalized spacial score (nSPS) is 23.7. The summed E-state index contributed by atoms with van der Waals surface area (Å²) in [5.41, 5.74) is 4.82. The molecule has 4 fully saturated rings. The quantitative estimate of drug-likeness (QED) is 0.205. The Labute approximate surface area is 303 Å². The third-order valence-corrected chi connectivity index (χ3v) is 12.0. The number of hydrogen-bond acceptors (Lipinski definition) is 7. The van der Waals surface area contributed by atoms with E-state index in [4.69, 9.17) is 14.5 Å². The number of H-pyrrole nitrogens is 2. The van der Waals surface area contributed by atoms with Gasteiger partial charge in [0.15, 0.2) is 0 Å². The van der Waals surface area contributed by atoms with E-state index < -0.39 is 11.2 Å². The van der Waals surface area contributed by atoms with Crippen molar-refractivity contribution in [3.05, 3.63) is 71.4 Å².